The summed E-state index contributed by atoms with van der Waals surface area (Å²) in [5.41, 5.74) is 5.49. The van der Waals surface area contributed by atoms with Crippen molar-refractivity contribution in [3.8, 4) is 5.75 Å². The number of phenolic OH excluding ortho intramolecular Hbond substituents is 1. The molecule has 2 N–H and O–H groups in total. The van der Waals surface area contributed by atoms with Crippen molar-refractivity contribution in [2.24, 2.45) is 5.92 Å². The molecule has 1 aliphatic heterocycles. The lowest BCUT2D eigenvalue weighted by molar-refractivity contribution is -0.965. The molecule has 0 bridgehead atoms. The normalized spacial score (nSPS) is 27.0. The summed E-state index contributed by atoms with van der Waals surface area (Å²) in [7, 11) is 0. The molecule has 2 aliphatic rings. The number of hydrogen-bond donors (Lipinski definition) is 2. The lowest BCUT2D eigenvalue weighted by Gasteiger charge is -2.54. The summed E-state index contributed by atoms with van der Waals surface area (Å²) in [5.74, 6) is 0.775. The first-order chi connectivity index (χ1) is 16.1. The Morgan fingerprint density at radius 2 is 1.91 bits per heavy atom. The second-order valence-electron chi connectivity index (χ2n) is 9.89. The smallest absolute Gasteiger partial charge is 0.296 e. The first kappa shape index (κ1) is 21.7. The summed E-state index contributed by atoms with van der Waals surface area (Å²) in [6.07, 6.45) is 7.66. The predicted octanol–water partition coefficient (Wildman–Crippen LogP) is 5.72. The maximum absolute atomic E-state index is 13.6. The van der Waals surface area contributed by atoms with E-state index in [4.69, 9.17) is 0 Å². The average Bonchev–Trinajstić information content (AvgIpc) is 2.84. The van der Waals surface area contributed by atoms with Gasteiger partial charge in [-0.2, -0.15) is 5.43 Å². The van der Waals surface area contributed by atoms with Gasteiger partial charge in [0, 0.05) is 17.8 Å². The highest BCUT2D eigenvalue weighted by Crippen LogP contribution is 2.50. The molecular formula is C29H33N2O2+. The number of likely N-dealkylation sites (tertiary alicyclic amines) is 1. The molecule has 0 radical (unpaired) electrons. The van der Waals surface area contributed by atoms with Crippen LogP contribution < -0.4 is 5.43 Å². The quantitative estimate of drug-likeness (QED) is 0.393. The number of amides is 1. The number of piperidine rings is 1. The molecule has 3 aromatic carbocycles. The minimum absolute atomic E-state index is 0.0192. The van der Waals surface area contributed by atoms with Gasteiger partial charge in [0.2, 0.25) is 0 Å². The zero-order valence-electron chi connectivity index (χ0n) is 19.2. The van der Waals surface area contributed by atoms with Crippen LogP contribution in [0.1, 0.15) is 48.0 Å². The van der Waals surface area contributed by atoms with Crippen molar-refractivity contribution in [1.82, 2.24) is 5.43 Å². The van der Waals surface area contributed by atoms with Crippen molar-refractivity contribution in [3.05, 3.63) is 90.5 Å². The lowest BCUT2D eigenvalue weighted by atomic mass is 9.59. The topological polar surface area (TPSA) is 49.3 Å². The van der Waals surface area contributed by atoms with E-state index in [0.29, 0.717) is 22.8 Å². The Balaban J connectivity index is 1.46. The summed E-state index contributed by atoms with van der Waals surface area (Å²) in [6, 6.07) is 21.8. The van der Waals surface area contributed by atoms with Crippen LogP contribution in [0.25, 0.3) is 10.8 Å². The van der Waals surface area contributed by atoms with Crippen molar-refractivity contribution < 1.29 is 14.5 Å². The second-order valence-corrected chi connectivity index (χ2v) is 9.89. The van der Waals surface area contributed by atoms with E-state index in [1.165, 1.54) is 18.4 Å². The van der Waals surface area contributed by atoms with Crippen molar-refractivity contribution in [2.75, 3.05) is 19.6 Å². The minimum atomic E-state index is -0.0192. The first-order valence-corrected chi connectivity index (χ1v) is 12.1. The Morgan fingerprint density at radius 1 is 1.09 bits per heavy atom. The summed E-state index contributed by atoms with van der Waals surface area (Å²) in [6.45, 7) is 6.48. The number of nitrogens with zero attached hydrogens (tertiary/aromatic N) is 1. The van der Waals surface area contributed by atoms with E-state index in [1.807, 2.05) is 60.7 Å². The number of carbonyl (C=O) groups excluding carboxylic acids is 1. The molecule has 1 saturated carbocycles. The number of hydrogen-bond acceptors (Lipinski definition) is 2. The molecule has 33 heavy (non-hydrogen) atoms. The van der Waals surface area contributed by atoms with Gasteiger partial charge in [0.15, 0.2) is 0 Å². The van der Waals surface area contributed by atoms with E-state index >= 15 is 0 Å². The number of benzene rings is 3. The van der Waals surface area contributed by atoms with E-state index < -0.39 is 0 Å². The van der Waals surface area contributed by atoms with Gasteiger partial charge in [0.05, 0.1) is 5.56 Å². The molecule has 5 rings (SSSR count). The molecule has 4 nitrogen and oxygen atoms in total. The zero-order valence-corrected chi connectivity index (χ0v) is 19.2. The predicted molar refractivity (Wildman–Crippen MR) is 133 cm³/mol. The molecule has 1 saturated heterocycles. The van der Waals surface area contributed by atoms with Crippen molar-refractivity contribution in [3.63, 3.8) is 0 Å². The van der Waals surface area contributed by atoms with Gasteiger partial charge < -0.3 is 5.11 Å². The molecule has 1 unspecified atom stereocenters. The van der Waals surface area contributed by atoms with E-state index in [9.17, 15) is 9.90 Å². The number of nitrogens with one attached hydrogen (secondary N) is 1. The van der Waals surface area contributed by atoms with Crippen LogP contribution in [-0.4, -0.2) is 35.2 Å². The fourth-order valence-electron chi connectivity index (χ4n) is 6.43. The largest absolute Gasteiger partial charge is 0.508 e. The molecule has 4 heteroatoms. The van der Waals surface area contributed by atoms with Crippen LogP contribution in [0.15, 0.2) is 79.4 Å². The molecule has 1 amide bonds. The van der Waals surface area contributed by atoms with Gasteiger partial charge in [0.25, 0.3) is 5.91 Å². The summed E-state index contributed by atoms with van der Waals surface area (Å²) in [4.78, 5) is 13.6. The van der Waals surface area contributed by atoms with Gasteiger partial charge in [-0.1, -0.05) is 68.0 Å². The monoisotopic (exact) mass is 441 g/mol. The molecular weight excluding hydrogens is 408 g/mol. The Hall–Kier alpha value is -3.11. The molecule has 170 valence electrons. The Kier molecular flexibility index (Phi) is 5.71. The molecule has 1 heterocycles. The van der Waals surface area contributed by atoms with Gasteiger partial charge in [0.1, 0.15) is 25.4 Å². The Bertz CT molecular complexity index is 1180. The van der Waals surface area contributed by atoms with Gasteiger partial charge in [-0.3, -0.25) is 4.79 Å². The van der Waals surface area contributed by atoms with Crippen LogP contribution in [-0.2, 0) is 5.41 Å². The number of carbonyl (C=O) groups is 1. The molecule has 3 aromatic rings. The van der Waals surface area contributed by atoms with Crippen LogP contribution in [0.4, 0.5) is 0 Å². The standard InChI is InChI=1S/C29H32N2O2/c1-2-18-31(30-28(33)27-15-7-10-22-9-3-4-14-26(22)27)19-17-29(16-6-5-11-24(29)21-31)23-12-8-13-25(32)20-23/h2-4,7-10,12-15,20,24H,1,5-6,11,16-19,21H2,(H-,30,32,33)/p+1/t24?,29-,31+/m0/s1. The number of quaternary nitrogens is 1. The van der Waals surface area contributed by atoms with Crippen LogP contribution in [0.3, 0.4) is 0 Å². The van der Waals surface area contributed by atoms with E-state index in [0.717, 1.165) is 48.7 Å². The van der Waals surface area contributed by atoms with Crippen molar-refractivity contribution >= 4 is 16.7 Å². The molecule has 1 aliphatic carbocycles. The third kappa shape index (κ3) is 3.93. The molecule has 3 atom stereocenters. The van der Waals surface area contributed by atoms with Crippen LogP contribution in [0.2, 0.25) is 0 Å². The third-order valence-corrected chi connectivity index (χ3v) is 8.04. The highest BCUT2D eigenvalue weighted by atomic mass is 16.3. The molecule has 0 aromatic heterocycles. The van der Waals surface area contributed by atoms with Gasteiger partial charge in [-0.25, -0.2) is 4.59 Å². The van der Waals surface area contributed by atoms with Gasteiger partial charge in [-0.05, 0) is 53.5 Å². The minimum Gasteiger partial charge on any atom is -0.508 e. The van der Waals surface area contributed by atoms with Gasteiger partial charge >= 0.3 is 0 Å². The Labute approximate surface area is 196 Å². The second kappa shape index (κ2) is 8.68. The van der Waals surface area contributed by atoms with Crippen LogP contribution >= 0.6 is 0 Å². The van der Waals surface area contributed by atoms with Crippen molar-refractivity contribution in [1.29, 1.82) is 0 Å². The highest BCUT2D eigenvalue weighted by molar-refractivity contribution is 6.06. The SMILES string of the molecule is C=CC[N@@+]1(NC(=O)c2cccc3ccccc23)CC[C@]2(c3cccc(O)c3)CCCCC2C1. The van der Waals surface area contributed by atoms with E-state index in [-0.39, 0.29) is 11.3 Å². The summed E-state index contributed by atoms with van der Waals surface area (Å²) in [5, 5.41) is 12.2. The van der Waals surface area contributed by atoms with Gasteiger partial charge in [-0.15, -0.1) is 0 Å². The van der Waals surface area contributed by atoms with E-state index in [1.54, 1.807) is 6.07 Å². The highest BCUT2D eigenvalue weighted by Gasteiger charge is 2.52. The van der Waals surface area contributed by atoms with Crippen molar-refractivity contribution in [2.45, 2.75) is 37.5 Å². The molecule has 0 spiro atoms. The van der Waals surface area contributed by atoms with Crippen LogP contribution in [0, 0.1) is 5.92 Å². The zero-order chi connectivity index (χ0) is 22.9. The maximum atomic E-state index is 13.6. The lowest BCUT2D eigenvalue weighted by Crippen LogP contribution is -2.68. The maximum Gasteiger partial charge on any atom is 0.296 e. The Morgan fingerprint density at radius 3 is 2.76 bits per heavy atom. The van der Waals surface area contributed by atoms with Crippen LogP contribution in [0.5, 0.6) is 5.75 Å². The number of aromatic hydroxyl groups is 1. The number of phenols is 1. The molecule has 2 fully saturated rings. The average molecular weight is 442 g/mol. The number of rotatable bonds is 5. The third-order valence-electron chi connectivity index (χ3n) is 8.04. The fraction of sp³-hybridized carbons (Fsp3) is 0.345. The number of fused-ring (bicyclic) bond motifs is 2. The van der Waals surface area contributed by atoms with E-state index in [2.05, 4.69) is 18.1 Å². The summed E-state index contributed by atoms with van der Waals surface area (Å²) >= 11 is 0. The summed E-state index contributed by atoms with van der Waals surface area (Å²) < 4.78 is 0.538. The first-order valence-electron chi connectivity index (χ1n) is 12.1. The fourth-order valence-corrected chi connectivity index (χ4v) is 6.43.